The number of carbonyl (C=O) groups is 1. The van der Waals surface area contributed by atoms with E-state index in [1.54, 1.807) is 12.1 Å². The number of halogens is 5. The Kier molecular flexibility index (Phi) is 6.12. The molecule has 1 atom stereocenters. The largest absolute Gasteiger partial charge is 0.417 e. The molecule has 0 aromatic heterocycles. The number of alkyl halides is 3. The lowest BCUT2D eigenvalue weighted by Gasteiger charge is -2.27. The van der Waals surface area contributed by atoms with Gasteiger partial charge in [0.25, 0.3) is 0 Å². The molecule has 0 saturated carbocycles. The Hall–Kier alpha value is -3.03. The Labute approximate surface area is 198 Å². The Balaban J connectivity index is 1.65. The van der Waals surface area contributed by atoms with E-state index >= 15 is 0 Å². The third-order valence-corrected chi connectivity index (χ3v) is 6.06. The zero-order valence-electron chi connectivity index (χ0n) is 17.3. The van der Waals surface area contributed by atoms with Crippen LogP contribution in [0.4, 0.5) is 23.7 Å². The minimum absolute atomic E-state index is 0.134. The van der Waals surface area contributed by atoms with Crippen molar-refractivity contribution in [1.82, 2.24) is 5.01 Å². The first-order valence-corrected chi connectivity index (χ1v) is 10.7. The van der Waals surface area contributed by atoms with Gasteiger partial charge in [0.05, 0.1) is 28.3 Å². The third-order valence-electron chi connectivity index (χ3n) is 5.50. The minimum atomic E-state index is -4.58. The van der Waals surface area contributed by atoms with Crippen LogP contribution >= 0.6 is 23.2 Å². The number of carbonyl (C=O) groups excluding carboxylic acids is 1. The molecule has 0 radical (unpaired) electrons. The van der Waals surface area contributed by atoms with Gasteiger partial charge in [0, 0.05) is 10.7 Å². The van der Waals surface area contributed by atoms with Gasteiger partial charge in [0.2, 0.25) is 0 Å². The summed E-state index contributed by atoms with van der Waals surface area (Å²) in [6.07, 6.45) is -4.58. The highest BCUT2D eigenvalue weighted by Crippen LogP contribution is 2.37. The second-order valence-electron chi connectivity index (χ2n) is 7.83. The molecule has 0 fully saturated rings. The van der Waals surface area contributed by atoms with Crippen molar-refractivity contribution in [3.63, 3.8) is 0 Å². The fourth-order valence-electron chi connectivity index (χ4n) is 3.79. The highest BCUT2D eigenvalue weighted by molar-refractivity contribution is 6.32. The van der Waals surface area contributed by atoms with Gasteiger partial charge >= 0.3 is 12.2 Å². The summed E-state index contributed by atoms with van der Waals surface area (Å²) in [5, 5.41) is 8.50. The van der Waals surface area contributed by atoms with Crippen molar-refractivity contribution in [2.45, 2.75) is 18.5 Å². The van der Waals surface area contributed by atoms with Gasteiger partial charge in [-0.1, -0.05) is 65.7 Å². The number of anilines is 1. The van der Waals surface area contributed by atoms with Crippen molar-refractivity contribution in [1.29, 1.82) is 0 Å². The molecule has 9 heteroatoms. The first kappa shape index (κ1) is 23.1. The summed E-state index contributed by atoms with van der Waals surface area (Å²) in [5.74, 6) is 0. The molecule has 170 valence electrons. The maximum Gasteiger partial charge on any atom is 0.417 e. The second-order valence-corrected chi connectivity index (χ2v) is 8.68. The first-order chi connectivity index (χ1) is 15.6. The molecule has 33 heavy (non-hydrogen) atoms. The van der Waals surface area contributed by atoms with E-state index in [-0.39, 0.29) is 12.2 Å². The van der Waals surface area contributed by atoms with Crippen LogP contribution in [0.2, 0.25) is 10.0 Å². The summed E-state index contributed by atoms with van der Waals surface area (Å²) in [6.45, 7) is 2.22. The van der Waals surface area contributed by atoms with Crippen LogP contribution in [-0.2, 0) is 11.6 Å². The van der Waals surface area contributed by atoms with Crippen LogP contribution in [0, 0.1) is 0 Å². The van der Waals surface area contributed by atoms with E-state index in [1.165, 1.54) is 5.01 Å². The van der Waals surface area contributed by atoms with E-state index in [1.807, 2.05) is 49.4 Å². The quantitative estimate of drug-likeness (QED) is 0.412. The standard InChI is InChI=1S/C24H18Cl2F3N3O/c1-23(16-5-3-2-4-6-16)14-32(31-21(23)15-7-9-17(25)10-8-15)22(33)30-18-11-12-19(20(26)13-18)24(27,28)29/h2-13H,14H2,1H3,(H,30,33). The van der Waals surface area contributed by atoms with Crippen molar-refractivity contribution in [2.75, 3.05) is 11.9 Å². The van der Waals surface area contributed by atoms with Crippen LogP contribution in [-0.4, -0.2) is 23.3 Å². The molecular weight excluding hydrogens is 474 g/mol. The van der Waals surface area contributed by atoms with E-state index in [2.05, 4.69) is 10.4 Å². The predicted octanol–water partition coefficient (Wildman–Crippen LogP) is 7.22. The maximum atomic E-state index is 13.0. The summed E-state index contributed by atoms with van der Waals surface area (Å²) in [7, 11) is 0. The van der Waals surface area contributed by atoms with Crippen molar-refractivity contribution in [3.8, 4) is 0 Å². The smallest absolute Gasteiger partial charge is 0.306 e. The molecule has 0 aliphatic carbocycles. The lowest BCUT2D eigenvalue weighted by atomic mass is 9.76. The number of benzene rings is 3. The summed E-state index contributed by atoms with van der Waals surface area (Å²) in [6, 6.07) is 19.3. The van der Waals surface area contributed by atoms with E-state index < -0.39 is 28.2 Å². The number of amides is 2. The van der Waals surface area contributed by atoms with E-state index in [9.17, 15) is 18.0 Å². The summed E-state index contributed by atoms with van der Waals surface area (Å²) >= 11 is 11.8. The topological polar surface area (TPSA) is 44.7 Å². The molecule has 1 aliphatic heterocycles. The molecule has 1 N–H and O–H groups in total. The molecule has 4 nitrogen and oxygen atoms in total. The van der Waals surface area contributed by atoms with Crippen molar-refractivity contribution >= 4 is 40.6 Å². The average molecular weight is 492 g/mol. The molecule has 1 heterocycles. The number of nitrogens with zero attached hydrogens (tertiary/aromatic N) is 2. The molecule has 4 rings (SSSR count). The monoisotopic (exact) mass is 491 g/mol. The maximum absolute atomic E-state index is 13.0. The van der Waals surface area contributed by atoms with Gasteiger partial charge in [0.15, 0.2) is 0 Å². The van der Waals surface area contributed by atoms with Crippen LogP contribution in [0.15, 0.2) is 77.9 Å². The van der Waals surface area contributed by atoms with Crippen LogP contribution in [0.25, 0.3) is 0 Å². The first-order valence-electron chi connectivity index (χ1n) is 9.94. The minimum Gasteiger partial charge on any atom is -0.306 e. The number of rotatable bonds is 3. The van der Waals surface area contributed by atoms with E-state index in [0.717, 1.165) is 29.3 Å². The zero-order chi connectivity index (χ0) is 23.8. The van der Waals surface area contributed by atoms with Gasteiger partial charge in [-0.3, -0.25) is 0 Å². The predicted molar refractivity (Wildman–Crippen MR) is 124 cm³/mol. The van der Waals surface area contributed by atoms with Gasteiger partial charge in [-0.25, -0.2) is 9.80 Å². The normalized spacial score (nSPS) is 18.2. The van der Waals surface area contributed by atoms with Crippen LogP contribution in [0.1, 0.15) is 23.6 Å². The van der Waals surface area contributed by atoms with Crippen LogP contribution < -0.4 is 5.32 Å². The molecule has 3 aromatic rings. The van der Waals surface area contributed by atoms with E-state index in [0.29, 0.717) is 10.7 Å². The van der Waals surface area contributed by atoms with Crippen molar-refractivity contribution < 1.29 is 18.0 Å². The molecule has 2 amide bonds. The van der Waals surface area contributed by atoms with Gasteiger partial charge < -0.3 is 5.32 Å². The average Bonchev–Trinajstić information content (AvgIpc) is 3.13. The number of nitrogens with one attached hydrogen (secondary N) is 1. The van der Waals surface area contributed by atoms with Crippen LogP contribution in [0.3, 0.4) is 0 Å². The molecule has 0 spiro atoms. The molecule has 3 aromatic carbocycles. The number of urea groups is 1. The molecule has 1 unspecified atom stereocenters. The Morgan fingerprint density at radius 3 is 2.30 bits per heavy atom. The fraction of sp³-hybridized carbons (Fsp3) is 0.167. The number of hydrogen-bond acceptors (Lipinski definition) is 2. The van der Waals surface area contributed by atoms with Crippen molar-refractivity contribution in [3.05, 3.63) is 99.5 Å². The van der Waals surface area contributed by atoms with Gasteiger partial charge in [0.1, 0.15) is 0 Å². The SMILES string of the molecule is CC1(c2ccccc2)CN(C(=O)Nc2ccc(C(F)(F)F)c(Cl)c2)N=C1c1ccc(Cl)cc1. The third kappa shape index (κ3) is 4.70. The zero-order valence-corrected chi connectivity index (χ0v) is 18.8. The fourth-order valence-corrected chi connectivity index (χ4v) is 4.20. The lowest BCUT2D eigenvalue weighted by molar-refractivity contribution is -0.137. The van der Waals surface area contributed by atoms with Gasteiger partial charge in [-0.05, 0) is 48.4 Å². The molecule has 0 bridgehead atoms. The van der Waals surface area contributed by atoms with E-state index in [4.69, 9.17) is 23.2 Å². The Bertz CT molecular complexity index is 1210. The highest BCUT2D eigenvalue weighted by atomic mass is 35.5. The lowest BCUT2D eigenvalue weighted by Crippen LogP contribution is -2.38. The Morgan fingerprint density at radius 2 is 1.70 bits per heavy atom. The summed E-state index contributed by atoms with van der Waals surface area (Å²) in [4.78, 5) is 13.0. The molecule has 0 saturated heterocycles. The second kappa shape index (κ2) is 8.72. The Morgan fingerprint density at radius 1 is 1.03 bits per heavy atom. The van der Waals surface area contributed by atoms with Gasteiger partial charge in [-0.2, -0.15) is 18.3 Å². The molecule has 1 aliphatic rings. The highest BCUT2D eigenvalue weighted by Gasteiger charge is 2.43. The summed E-state index contributed by atoms with van der Waals surface area (Å²) in [5.41, 5.74) is 0.985. The molecular formula is C24H18Cl2F3N3O. The van der Waals surface area contributed by atoms with Gasteiger partial charge in [-0.15, -0.1) is 0 Å². The number of hydrogen-bond donors (Lipinski definition) is 1. The number of hydrazone groups is 1. The van der Waals surface area contributed by atoms with Crippen LogP contribution in [0.5, 0.6) is 0 Å². The summed E-state index contributed by atoms with van der Waals surface area (Å²) < 4.78 is 38.9. The van der Waals surface area contributed by atoms with Crippen molar-refractivity contribution in [2.24, 2.45) is 5.10 Å².